The molecule has 0 aromatic heterocycles. The monoisotopic (exact) mass is 526 g/mol. The van der Waals surface area contributed by atoms with Gasteiger partial charge in [-0.3, -0.25) is 0 Å². The van der Waals surface area contributed by atoms with Crippen LogP contribution in [0.25, 0.3) is 24.3 Å². The van der Waals surface area contributed by atoms with Crippen molar-refractivity contribution in [2.45, 2.75) is 22.1 Å². The van der Waals surface area contributed by atoms with E-state index >= 15 is 0 Å². The van der Waals surface area contributed by atoms with Crippen LogP contribution in [-0.2, 0) is 12.4 Å². The summed E-state index contributed by atoms with van der Waals surface area (Å²) < 4.78 is 76.0. The first-order valence-electron chi connectivity index (χ1n) is 11.1. The van der Waals surface area contributed by atoms with Crippen LogP contribution in [0.2, 0.25) is 0 Å². The molecule has 188 valence electrons. The minimum Gasteiger partial charge on any atom is -0.166 e. The number of rotatable bonds is 6. The van der Waals surface area contributed by atoms with Gasteiger partial charge in [0, 0.05) is 9.79 Å². The standard InChI is InChI=1S/C30H20F6S/c31-29(32,33)25-13-5-21(6-14-25)1-3-23-9-17-27(18-10-23)37-28-19-11-24(12-20-28)4-2-22-7-15-26(16-8-22)30(34,35)36/h1-20H/b3-1+,4-2+. The molecule has 0 spiro atoms. The summed E-state index contributed by atoms with van der Waals surface area (Å²) >= 11 is 1.58. The number of hydrogen-bond acceptors (Lipinski definition) is 1. The van der Waals surface area contributed by atoms with Crippen LogP contribution >= 0.6 is 11.8 Å². The smallest absolute Gasteiger partial charge is 0.166 e. The molecule has 0 N–H and O–H groups in total. The predicted molar refractivity (Wildman–Crippen MR) is 138 cm³/mol. The molecule has 0 saturated heterocycles. The zero-order valence-corrected chi connectivity index (χ0v) is 20.0. The molecular formula is C30H20F6S. The lowest BCUT2D eigenvalue weighted by atomic mass is 10.1. The maximum Gasteiger partial charge on any atom is 0.416 e. The minimum atomic E-state index is -4.35. The Morgan fingerprint density at radius 3 is 0.865 bits per heavy atom. The average molecular weight is 527 g/mol. The van der Waals surface area contributed by atoms with E-state index in [1.807, 2.05) is 60.7 Å². The molecule has 0 amide bonds. The van der Waals surface area contributed by atoms with Gasteiger partial charge in [0.15, 0.2) is 0 Å². The fourth-order valence-corrected chi connectivity index (χ4v) is 4.20. The van der Waals surface area contributed by atoms with Gasteiger partial charge in [-0.15, -0.1) is 0 Å². The Bertz CT molecular complexity index is 1250. The number of halogens is 6. The van der Waals surface area contributed by atoms with Crippen LogP contribution in [0.4, 0.5) is 26.3 Å². The Hall–Kier alpha value is -3.71. The van der Waals surface area contributed by atoms with Gasteiger partial charge < -0.3 is 0 Å². The third-order valence-corrected chi connectivity index (χ3v) is 6.42. The lowest BCUT2D eigenvalue weighted by Crippen LogP contribution is -2.03. The Kier molecular flexibility index (Phi) is 7.93. The van der Waals surface area contributed by atoms with Crippen LogP contribution in [-0.4, -0.2) is 0 Å². The molecule has 0 unspecified atom stereocenters. The van der Waals surface area contributed by atoms with Crippen molar-refractivity contribution < 1.29 is 26.3 Å². The van der Waals surface area contributed by atoms with Gasteiger partial charge in [-0.05, 0) is 70.8 Å². The lowest BCUT2D eigenvalue weighted by Gasteiger charge is -2.06. The van der Waals surface area contributed by atoms with E-state index in [2.05, 4.69) is 0 Å². The molecule has 4 aromatic carbocycles. The summed E-state index contributed by atoms with van der Waals surface area (Å²) in [5.41, 5.74) is 1.86. The summed E-state index contributed by atoms with van der Waals surface area (Å²) in [6.07, 6.45) is -1.48. The molecule has 0 saturated carbocycles. The predicted octanol–water partition coefficient (Wildman–Crippen LogP) is 10.2. The summed E-state index contributed by atoms with van der Waals surface area (Å²) in [6, 6.07) is 25.6. The first kappa shape index (κ1) is 26.4. The Morgan fingerprint density at radius 1 is 0.378 bits per heavy atom. The van der Waals surface area contributed by atoms with Crippen molar-refractivity contribution in [3.63, 3.8) is 0 Å². The Labute approximate surface area is 215 Å². The van der Waals surface area contributed by atoms with Gasteiger partial charge in [-0.2, -0.15) is 26.3 Å². The summed E-state index contributed by atoms with van der Waals surface area (Å²) in [5, 5.41) is 0. The lowest BCUT2D eigenvalue weighted by molar-refractivity contribution is -0.138. The molecule has 4 aromatic rings. The van der Waals surface area contributed by atoms with Crippen molar-refractivity contribution in [3.8, 4) is 0 Å². The summed E-state index contributed by atoms with van der Waals surface area (Å²) in [5.74, 6) is 0. The first-order chi connectivity index (χ1) is 17.6. The van der Waals surface area contributed by atoms with Gasteiger partial charge in [0.05, 0.1) is 11.1 Å². The summed E-state index contributed by atoms with van der Waals surface area (Å²) in [7, 11) is 0. The maximum absolute atomic E-state index is 12.7. The first-order valence-corrected chi connectivity index (χ1v) is 12.0. The summed E-state index contributed by atoms with van der Waals surface area (Å²) in [4.78, 5) is 2.06. The fraction of sp³-hybridized carbons (Fsp3) is 0.0667. The molecule has 0 atom stereocenters. The molecule has 0 nitrogen and oxygen atoms in total. The highest BCUT2D eigenvalue weighted by atomic mass is 32.2. The average Bonchev–Trinajstić information content (AvgIpc) is 2.87. The van der Waals surface area contributed by atoms with Crippen molar-refractivity contribution in [1.29, 1.82) is 0 Å². The van der Waals surface area contributed by atoms with Crippen LogP contribution in [0, 0.1) is 0 Å². The van der Waals surface area contributed by atoms with E-state index in [0.29, 0.717) is 11.1 Å². The molecule has 0 aliphatic rings. The van der Waals surface area contributed by atoms with Crippen LogP contribution in [0.1, 0.15) is 33.4 Å². The molecule has 7 heteroatoms. The highest BCUT2D eigenvalue weighted by Gasteiger charge is 2.30. The van der Waals surface area contributed by atoms with E-state index in [9.17, 15) is 26.3 Å². The second kappa shape index (κ2) is 11.1. The summed E-state index contributed by atoms with van der Waals surface area (Å²) in [6.45, 7) is 0. The van der Waals surface area contributed by atoms with Gasteiger partial charge in [0.2, 0.25) is 0 Å². The second-order valence-electron chi connectivity index (χ2n) is 8.15. The van der Waals surface area contributed by atoms with Gasteiger partial charge in [-0.25, -0.2) is 0 Å². The molecule has 0 heterocycles. The quantitative estimate of drug-likeness (QED) is 0.178. The molecule has 4 rings (SSSR count). The van der Waals surface area contributed by atoms with Gasteiger partial charge in [-0.1, -0.05) is 84.6 Å². The normalized spacial score (nSPS) is 12.5. The molecular weight excluding hydrogens is 506 g/mol. The maximum atomic E-state index is 12.7. The molecule has 0 radical (unpaired) electrons. The Morgan fingerprint density at radius 2 is 0.622 bits per heavy atom. The van der Waals surface area contributed by atoms with Crippen molar-refractivity contribution in [1.82, 2.24) is 0 Å². The topological polar surface area (TPSA) is 0 Å². The van der Waals surface area contributed by atoms with E-state index in [4.69, 9.17) is 0 Å². The largest absolute Gasteiger partial charge is 0.416 e. The van der Waals surface area contributed by atoms with Crippen LogP contribution < -0.4 is 0 Å². The van der Waals surface area contributed by atoms with Crippen molar-refractivity contribution in [3.05, 3.63) is 130 Å². The highest BCUT2D eigenvalue weighted by Crippen LogP contribution is 2.31. The number of hydrogen-bond donors (Lipinski definition) is 0. The third-order valence-electron chi connectivity index (χ3n) is 5.41. The number of benzene rings is 4. The number of alkyl halides is 6. The minimum absolute atomic E-state index is 0.672. The van der Waals surface area contributed by atoms with Gasteiger partial charge in [0.25, 0.3) is 0 Å². The van der Waals surface area contributed by atoms with E-state index in [1.54, 1.807) is 23.9 Å². The molecule has 0 bridgehead atoms. The molecule has 37 heavy (non-hydrogen) atoms. The second-order valence-corrected chi connectivity index (χ2v) is 9.29. The molecule has 0 fully saturated rings. The van der Waals surface area contributed by atoms with Crippen molar-refractivity contribution in [2.75, 3.05) is 0 Å². The van der Waals surface area contributed by atoms with E-state index in [-0.39, 0.29) is 0 Å². The van der Waals surface area contributed by atoms with Crippen LogP contribution in [0.15, 0.2) is 107 Å². The SMILES string of the molecule is FC(F)(F)c1ccc(/C=C/c2ccc(Sc3ccc(/C=C/c4ccc(C(F)(F)F)cc4)cc3)cc2)cc1. The van der Waals surface area contributed by atoms with Crippen molar-refractivity contribution >= 4 is 36.1 Å². The van der Waals surface area contributed by atoms with Gasteiger partial charge >= 0.3 is 12.4 Å². The van der Waals surface area contributed by atoms with Crippen molar-refractivity contribution in [2.24, 2.45) is 0 Å². The fourth-order valence-electron chi connectivity index (χ4n) is 3.38. The zero-order valence-electron chi connectivity index (χ0n) is 19.2. The van der Waals surface area contributed by atoms with Gasteiger partial charge in [0.1, 0.15) is 0 Å². The Balaban J connectivity index is 1.33. The third kappa shape index (κ3) is 7.64. The van der Waals surface area contributed by atoms with E-state index < -0.39 is 23.5 Å². The van der Waals surface area contributed by atoms with E-state index in [0.717, 1.165) is 45.2 Å². The van der Waals surface area contributed by atoms with E-state index in [1.165, 1.54) is 24.3 Å². The highest BCUT2D eigenvalue weighted by molar-refractivity contribution is 7.99. The zero-order chi connectivity index (χ0) is 26.5. The molecule has 0 aliphatic carbocycles. The van der Waals surface area contributed by atoms with Crippen LogP contribution in [0.3, 0.4) is 0 Å². The molecule has 0 aliphatic heterocycles. The van der Waals surface area contributed by atoms with Crippen LogP contribution in [0.5, 0.6) is 0 Å².